The number of amides is 2. The van der Waals surface area contributed by atoms with Crippen molar-refractivity contribution in [2.75, 3.05) is 10.6 Å². The molecule has 0 bridgehead atoms. The molecular formula is C13H9BrClN3O2. The molecule has 20 heavy (non-hydrogen) atoms. The molecule has 1 aromatic heterocycles. The lowest BCUT2D eigenvalue weighted by molar-refractivity contribution is -0.133. The quantitative estimate of drug-likeness (QED) is 0.643. The molecule has 7 heteroatoms. The highest BCUT2D eigenvalue weighted by Gasteiger charge is 2.15. The van der Waals surface area contributed by atoms with Gasteiger partial charge in [-0.2, -0.15) is 0 Å². The molecule has 2 aromatic rings. The minimum absolute atomic E-state index is 0.121. The molecule has 0 aliphatic carbocycles. The Kier molecular flexibility index (Phi) is 4.70. The number of hydrogen-bond acceptors (Lipinski definition) is 3. The average Bonchev–Trinajstić information content (AvgIpc) is 2.41. The monoisotopic (exact) mass is 353 g/mol. The maximum absolute atomic E-state index is 11.7. The molecule has 0 aliphatic rings. The van der Waals surface area contributed by atoms with Crippen molar-refractivity contribution in [3.63, 3.8) is 0 Å². The van der Waals surface area contributed by atoms with Crippen molar-refractivity contribution < 1.29 is 9.59 Å². The predicted octanol–water partition coefficient (Wildman–Crippen LogP) is 3.07. The first kappa shape index (κ1) is 14.5. The van der Waals surface area contributed by atoms with Crippen molar-refractivity contribution in [1.82, 2.24) is 4.98 Å². The molecule has 2 N–H and O–H groups in total. The SMILES string of the molecule is O=C(Nc1cccc(Br)c1)C(=O)Nc1cccnc1Cl. The van der Waals surface area contributed by atoms with E-state index in [0.717, 1.165) is 4.47 Å². The van der Waals surface area contributed by atoms with Gasteiger partial charge in [-0.15, -0.1) is 0 Å². The molecule has 0 radical (unpaired) electrons. The van der Waals surface area contributed by atoms with Crippen molar-refractivity contribution in [2.24, 2.45) is 0 Å². The second kappa shape index (κ2) is 6.49. The lowest BCUT2D eigenvalue weighted by Crippen LogP contribution is -2.29. The summed E-state index contributed by atoms with van der Waals surface area (Å²) >= 11 is 9.07. The fourth-order valence-electron chi connectivity index (χ4n) is 1.41. The van der Waals surface area contributed by atoms with Crippen molar-refractivity contribution in [2.45, 2.75) is 0 Å². The van der Waals surface area contributed by atoms with E-state index in [1.165, 1.54) is 6.20 Å². The fraction of sp³-hybridized carbons (Fsp3) is 0. The number of rotatable bonds is 2. The summed E-state index contributed by atoms with van der Waals surface area (Å²) in [6, 6.07) is 10.1. The van der Waals surface area contributed by atoms with Gasteiger partial charge < -0.3 is 10.6 Å². The van der Waals surface area contributed by atoms with Crippen LogP contribution in [0.25, 0.3) is 0 Å². The normalized spacial score (nSPS) is 9.90. The Balaban J connectivity index is 2.03. The third-order valence-electron chi connectivity index (χ3n) is 2.30. The summed E-state index contributed by atoms with van der Waals surface area (Å²) in [5, 5.41) is 4.99. The largest absolute Gasteiger partial charge is 0.318 e. The van der Waals surface area contributed by atoms with E-state index >= 15 is 0 Å². The van der Waals surface area contributed by atoms with E-state index in [4.69, 9.17) is 11.6 Å². The van der Waals surface area contributed by atoms with E-state index < -0.39 is 11.8 Å². The molecule has 102 valence electrons. The minimum Gasteiger partial charge on any atom is -0.318 e. The van der Waals surface area contributed by atoms with Crippen LogP contribution in [0.3, 0.4) is 0 Å². The van der Waals surface area contributed by atoms with Gasteiger partial charge in [0.15, 0.2) is 5.15 Å². The Labute approximate surface area is 128 Å². The molecule has 0 fully saturated rings. The average molecular weight is 355 g/mol. The van der Waals surface area contributed by atoms with Crippen molar-refractivity contribution in [3.05, 3.63) is 52.2 Å². The summed E-state index contributed by atoms with van der Waals surface area (Å²) < 4.78 is 0.797. The van der Waals surface area contributed by atoms with Gasteiger partial charge in [0.05, 0.1) is 5.69 Å². The number of carbonyl (C=O) groups excluding carboxylic acids is 2. The van der Waals surface area contributed by atoms with Gasteiger partial charge >= 0.3 is 11.8 Å². The fourth-order valence-corrected chi connectivity index (χ4v) is 1.98. The lowest BCUT2D eigenvalue weighted by Gasteiger charge is -2.07. The molecular weight excluding hydrogens is 346 g/mol. The summed E-state index contributed by atoms with van der Waals surface area (Å²) in [6.45, 7) is 0. The van der Waals surface area contributed by atoms with Crippen LogP contribution in [0.15, 0.2) is 47.1 Å². The van der Waals surface area contributed by atoms with Crippen molar-refractivity contribution in [3.8, 4) is 0 Å². The number of halogens is 2. The second-order valence-corrected chi connectivity index (χ2v) is 5.03. The Hall–Kier alpha value is -1.92. The molecule has 0 aliphatic heterocycles. The van der Waals surface area contributed by atoms with Crippen LogP contribution < -0.4 is 10.6 Å². The zero-order valence-electron chi connectivity index (χ0n) is 10.1. The molecule has 0 atom stereocenters. The Morgan fingerprint density at radius 3 is 2.55 bits per heavy atom. The molecule has 2 amide bonds. The van der Waals surface area contributed by atoms with Gasteiger partial charge in [0, 0.05) is 16.4 Å². The number of nitrogens with one attached hydrogen (secondary N) is 2. The summed E-state index contributed by atoms with van der Waals surface area (Å²) in [7, 11) is 0. The standard InChI is InChI=1S/C13H9BrClN3O2/c14-8-3-1-4-9(7-8)17-12(19)13(20)18-10-5-2-6-16-11(10)15/h1-7H,(H,17,19)(H,18,20). The number of nitrogens with zero attached hydrogens (tertiary/aromatic N) is 1. The van der Waals surface area contributed by atoms with Gasteiger partial charge in [0.2, 0.25) is 0 Å². The topological polar surface area (TPSA) is 71.1 Å². The van der Waals surface area contributed by atoms with Crippen LogP contribution in [0.4, 0.5) is 11.4 Å². The van der Waals surface area contributed by atoms with Gasteiger partial charge in [-0.25, -0.2) is 4.98 Å². The summed E-state index contributed by atoms with van der Waals surface area (Å²) in [5.41, 5.74) is 0.792. The highest BCUT2D eigenvalue weighted by atomic mass is 79.9. The van der Waals surface area contributed by atoms with Crippen molar-refractivity contribution in [1.29, 1.82) is 0 Å². The number of benzene rings is 1. The maximum atomic E-state index is 11.7. The van der Waals surface area contributed by atoms with Gasteiger partial charge in [0.1, 0.15) is 0 Å². The first-order valence-electron chi connectivity index (χ1n) is 5.54. The number of carbonyl (C=O) groups is 2. The van der Waals surface area contributed by atoms with Gasteiger partial charge in [-0.05, 0) is 30.3 Å². The van der Waals surface area contributed by atoms with Crippen LogP contribution in [0.5, 0.6) is 0 Å². The molecule has 1 heterocycles. The highest BCUT2D eigenvalue weighted by molar-refractivity contribution is 9.10. The third-order valence-corrected chi connectivity index (χ3v) is 3.09. The summed E-state index contributed by atoms with van der Waals surface area (Å²) in [6.07, 6.45) is 1.49. The van der Waals surface area contributed by atoms with Gasteiger partial charge in [-0.1, -0.05) is 33.6 Å². The maximum Gasteiger partial charge on any atom is 0.314 e. The molecule has 1 aromatic carbocycles. The molecule has 0 saturated heterocycles. The first-order chi connectivity index (χ1) is 9.56. The Morgan fingerprint density at radius 2 is 1.85 bits per heavy atom. The zero-order chi connectivity index (χ0) is 14.5. The minimum atomic E-state index is -0.820. The van der Waals surface area contributed by atoms with E-state index in [9.17, 15) is 9.59 Å². The summed E-state index contributed by atoms with van der Waals surface area (Å²) in [4.78, 5) is 27.3. The number of anilines is 2. The lowest BCUT2D eigenvalue weighted by atomic mass is 10.3. The van der Waals surface area contributed by atoms with Crippen LogP contribution in [-0.4, -0.2) is 16.8 Å². The molecule has 5 nitrogen and oxygen atoms in total. The number of hydrogen-bond donors (Lipinski definition) is 2. The third kappa shape index (κ3) is 3.79. The van der Waals surface area contributed by atoms with E-state index in [1.807, 2.05) is 6.07 Å². The van der Waals surface area contributed by atoms with E-state index in [2.05, 4.69) is 31.5 Å². The van der Waals surface area contributed by atoms with E-state index in [-0.39, 0.29) is 10.8 Å². The zero-order valence-corrected chi connectivity index (χ0v) is 12.4. The second-order valence-electron chi connectivity index (χ2n) is 3.76. The van der Waals surface area contributed by atoms with Crippen molar-refractivity contribution >= 4 is 50.7 Å². The van der Waals surface area contributed by atoms with Gasteiger partial charge in [-0.3, -0.25) is 9.59 Å². The van der Waals surface area contributed by atoms with Crippen LogP contribution >= 0.6 is 27.5 Å². The molecule has 0 spiro atoms. The summed E-state index contributed by atoms with van der Waals surface area (Å²) in [5.74, 6) is -1.61. The van der Waals surface area contributed by atoms with Gasteiger partial charge in [0.25, 0.3) is 0 Å². The van der Waals surface area contributed by atoms with E-state index in [1.54, 1.807) is 30.3 Å². The smallest absolute Gasteiger partial charge is 0.314 e. The number of aromatic nitrogens is 1. The molecule has 2 rings (SSSR count). The van der Waals surface area contributed by atoms with Crippen LogP contribution in [0, 0.1) is 0 Å². The Bertz CT molecular complexity index is 664. The number of pyridine rings is 1. The Morgan fingerprint density at radius 1 is 1.10 bits per heavy atom. The first-order valence-corrected chi connectivity index (χ1v) is 6.72. The van der Waals surface area contributed by atoms with Crippen LogP contribution in [-0.2, 0) is 9.59 Å². The molecule has 0 unspecified atom stereocenters. The van der Waals surface area contributed by atoms with Crippen LogP contribution in [0.1, 0.15) is 0 Å². The molecule has 0 saturated carbocycles. The highest BCUT2D eigenvalue weighted by Crippen LogP contribution is 2.18. The van der Waals surface area contributed by atoms with E-state index in [0.29, 0.717) is 5.69 Å². The predicted molar refractivity (Wildman–Crippen MR) is 80.6 cm³/mol. The van der Waals surface area contributed by atoms with Crippen LogP contribution in [0.2, 0.25) is 5.15 Å².